The van der Waals surface area contributed by atoms with Crippen molar-refractivity contribution in [2.75, 3.05) is 13.2 Å². The van der Waals surface area contributed by atoms with Gasteiger partial charge in [0.1, 0.15) is 0 Å². The molecule has 21 heavy (non-hydrogen) atoms. The van der Waals surface area contributed by atoms with Crippen molar-refractivity contribution in [3.05, 3.63) is 22.4 Å². The highest BCUT2D eigenvalue weighted by molar-refractivity contribution is 7.09. The Hall–Kier alpha value is -1.07. The van der Waals surface area contributed by atoms with Crippen molar-refractivity contribution in [1.82, 2.24) is 10.2 Å². The molecule has 1 aromatic heterocycles. The number of hydrogen-bond acceptors (Lipinski definition) is 3. The highest BCUT2D eigenvalue weighted by Gasteiger charge is 2.25. The Morgan fingerprint density at radius 3 is 2.86 bits per heavy atom. The van der Waals surface area contributed by atoms with Crippen LogP contribution in [-0.4, -0.2) is 36.2 Å². The molecule has 1 unspecified atom stereocenters. The fourth-order valence-corrected chi connectivity index (χ4v) is 3.90. The third-order valence-corrected chi connectivity index (χ3v) is 5.21. The molecule has 1 aliphatic carbocycles. The Balaban J connectivity index is 1.60. The van der Waals surface area contributed by atoms with E-state index in [0.717, 1.165) is 32.3 Å². The number of nitrogens with one attached hydrogen (secondary N) is 1. The largest absolute Gasteiger partial charge is 0.376 e. The quantitative estimate of drug-likeness (QED) is 0.906. The summed E-state index contributed by atoms with van der Waals surface area (Å²) in [5.74, 6) is 0. The van der Waals surface area contributed by atoms with Crippen molar-refractivity contribution in [3.63, 3.8) is 0 Å². The van der Waals surface area contributed by atoms with Gasteiger partial charge < -0.3 is 15.0 Å². The average molecular weight is 308 g/mol. The van der Waals surface area contributed by atoms with Crippen LogP contribution in [-0.2, 0) is 11.3 Å². The summed E-state index contributed by atoms with van der Waals surface area (Å²) in [6, 6.07) is 4.58. The van der Waals surface area contributed by atoms with Crippen LogP contribution in [0.3, 0.4) is 0 Å². The normalized spacial score (nSPS) is 22.6. The maximum atomic E-state index is 12.6. The molecule has 1 saturated heterocycles. The predicted octanol–water partition coefficient (Wildman–Crippen LogP) is 3.38. The standard InChI is InChI=1S/C16H24N2O2S/c19-16(17-13-5-1-2-6-13)18(11-14-7-3-9-20-14)12-15-8-4-10-21-15/h4,8,10,13-14H,1-3,5-7,9,11-12H2,(H,17,19). The molecule has 1 aromatic rings. The van der Waals surface area contributed by atoms with Crippen molar-refractivity contribution in [2.24, 2.45) is 0 Å². The molecule has 1 saturated carbocycles. The molecule has 0 spiro atoms. The van der Waals surface area contributed by atoms with Gasteiger partial charge >= 0.3 is 6.03 Å². The second-order valence-electron chi connectivity index (χ2n) is 6.03. The lowest BCUT2D eigenvalue weighted by Gasteiger charge is -2.27. The first-order valence-corrected chi connectivity index (χ1v) is 8.88. The Labute approximate surface area is 130 Å². The monoisotopic (exact) mass is 308 g/mol. The van der Waals surface area contributed by atoms with Crippen LogP contribution in [0.5, 0.6) is 0 Å². The van der Waals surface area contributed by atoms with E-state index in [4.69, 9.17) is 4.74 Å². The van der Waals surface area contributed by atoms with Gasteiger partial charge in [-0.1, -0.05) is 18.9 Å². The summed E-state index contributed by atoms with van der Waals surface area (Å²) >= 11 is 1.71. The zero-order valence-electron chi connectivity index (χ0n) is 12.4. The van der Waals surface area contributed by atoms with Crippen LogP contribution < -0.4 is 5.32 Å². The number of thiophene rings is 1. The second-order valence-corrected chi connectivity index (χ2v) is 7.06. The molecule has 2 heterocycles. The average Bonchev–Trinajstić information content (AvgIpc) is 3.21. The zero-order valence-corrected chi connectivity index (χ0v) is 13.2. The Bertz CT molecular complexity index is 437. The SMILES string of the molecule is O=C(NC1CCCC1)N(Cc1cccs1)CC1CCCO1. The minimum Gasteiger partial charge on any atom is -0.376 e. The maximum absolute atomic E-state index is 12.6. The van der Waals surface area contributed by atoms with Crippen LogP contribution in [0.1, 0.15) is 43.4 Å². The van der Waals surface area contributed by atoms with Crippen LogP contribution in [0.4, 0.5) is 4.79 Å². The zero-order chi connectivity index (χ0) is 14.5. The highest BCUT2D eigenvalue weighted by Crippen LogP contribution is 2.20. The van der Waals surface area contributed by atoms with Crippen LogP contribution in [0, 0.1) is 0 Å². The highest BCUT2D eigenvalue weighted by atomic mass is 32.1. The van der Waals surface area contributed by atoms with Crippen molar-refractivity contribution in [2.45, 2.75) is 57.2 Å². The molecule has 0 aromatic carbocycles. The first kappa shape index (κ1) is 14.9. The van der Waals surface area contributed by atoms with E-state index in [1.54, 1.807) is 11.3 Å². The Morgan fingerprint density at radius 1 is 1.33 bits per heavy atom. The topological polar surface area (TPSA) is 41.6 Å². The van der Waals surface area contributed by atoms with E-state index >= 15 is 0 Å². The van der Waals surface area contributed by atoms with E-state index in [2.05, 4.69) is 16.8 Å². The second kappa shape index (κ2) is 7.27. The molecule has 2 aliphatic rings. The molecule has 1 atom stereocenters. The molecule has 3 rings (SSSR count). The van der Waals surface area contributed by atoms with E-state index < -0.39 is 0 Å². The van der Waals surface area contributed by atoms with Gasteiger partial charge in [-0.2, -0.15) is 0 Å². The summed E-state index contributed by atoms with van der Waals surface area (Å²) in [5.41, 5.74) is 0. The Morgan fingerprint density at radius 2 is 2.19 bits per heavy atom. The molecule has 0 radical (unpaired) electrons. The summed E-state index contributed by atoms with van der Waals surface area (Å²) in [7, 11) is 0. The van der Waals surface area contributed by atoms with Crippen molar-refractivity contribution >= 4 is 17.4 Å². The summed E-state index contributed by atoms with van der Waals surface area (Å²) < 4.78 is 5.70. The van der Waals surface area contributed by atoms with Gasteiger partial charge in [0.15, 0.2) is 0 Å². The summed E-state index contributed by atoms with van der Waals surface area (Å²) in [4.78, 5) is 15.7. The lowest BCUT2D eigenvalue weighted by Crippen LogP contribution is -2.46. The molecule has 2 fully saturated rings. The molecule has 5 heteroatoms. The number of carbonyl (C=O) groups excluding carboxylic acids is 1. The minimum absolute atomic E-state index is 0.0748. The molecule has 1 aliphatic heterocycles. The van der Waals surface area contributed by atoms with Crippen LogP contribution in [0.15, 0.2) is 17.5 Å². The van der Waals surface area contributed by atoms with Gasteiger partial charge in [-0.05, 0) is 37.1 Å². The first-order chi connectivity index (χ1) is 10.3. The summed E-state index contributed by atoms with van der Waals surface area (Å²) in [5, 5.41) is 5.27. The first-order valence-electron chi connectivity index (χ1n) is 8.00. The molecule has 2 amide bonds. The van der Waals surface area contributed by atoms with E-state index in [9.17, 15) is 4.79 Å². The lowest BCUT2D eigenvalue weighted by molar-refractivity contribution is 0.0791. The van der Waals surface area contributed by atoms with E-state index in [1.165, 1.54) is 17.7 Å². The van der Waals surface area contributed by atoms with Crippen LogP contribution >= 0.6 is 11.3 Å². The number of ether oxygens (including phenoxy) is 1. The molecule has 4 nitrogen and oxygen atoms in total. The van der Waals surface area contributed by atoms with Gasteiger partial charge in [0.2, 0.25) is 0 Å². The number of hydrogen-bond donors (Lipinski definition) is 1. The fourth-order valence-electron chi connectivity index (χ4n) is 3.18. The third-order valence-electron chi connectivity index (χ3n) is 4.34. The number of amides is 2. The molecular formula is C16H24N2O2S. The van der Waals surface area contributed by atoms with E-state index in [0.29, 0.717) is 19.1 Å². The van der Waals surface area contributed by atoms with Gasteiger partial charge in [0.05, 0.1) is 12.6 Å². The minimum atomic E-state index is 0.0748. The molecule has 0 bridgehead atoms. The van der Waals surface area contributed by atoms with Gasteiger partial charge in [0.25, 0.3) is 0 Å². The summed E-state index contributed by atoms with van der Waals surface area (Å²) in [6.45, 7) is 2.23. The van der Waals surface area contributed by atoms with Gasteiger partial charge in [-0.15, -0.1) is 11.3 Å². The molecule has 1 N–H and O–H groups in total. The summed E-state index contributed by atoms with van der Waals surface area (Å²) in [6.07, 6.45) is 7.11. The van der Waals surface area contributed by atoms with Crippen LogP contribution in [0.2, 0.25) is 0 Å². The van der Waals surface area contributed by atoms with E-state index in [1.807, 2.05) is 11.0 Å². The number of rotatable bonds is 5. The van der Waals surface area contributed by atoms with Crippen LogP contribution in [0.25, 0.3) is 0 Å². The van der Waals surface area contributed by atoms with Gasteiger partial charge in [-0.3, -0.25) is 0 Å². The van der Waals surface area contributed by atoms with Crippen molar-refractivity contribution in [3.8, 4) is 0 Å². The third kappa shape index (κ3) is 4.20. The molecule has 116 valence electrons. The van der Waals surface area contributed by atoms with Crippen molar-refractivity contribution in [1.29, 1.82) is 0 Å². The van der Waals surface area contributed by atoms with Crippen molar-refractivity contribution < 1.29 is 9.53 Å². The smallest absolute Gasteiger partial charge is 0.318 e. The number of carbonyl (C=O) groups is 1. The Kier molecular flexibility index (Phi) is 5.14. The maximum Gasteiger partial charge on any atom is 0.318 e. The predicted molar refractivity (Wildman–Crippen MR) is 84.5 cm³/mol. The number of urea groups is 1. The lowest BCUT2D eigenvalue weighted by atomic mass is 10.2. The van der Waals surface area contributed by atoms with Gasteiger partial charge in [0, 0.05) is 24.1 Å². The fraction of sp³-hybridized carbons (Fsp3) is 0.688. The number of nitrogens with zero attached hydrogens (tertiary/aromatic N) is 1. The van der Waals surface area contributed by atoms with Gasteiger partial charge in [-0.25, -0.2) is 4.79 Å². The molecular weight excluding hydrogens is 284 g/mol. The van der Waals surface area contributed by atoms with E-state index in [-0.39, 0.29) is 12.1 Å².